The zero-order chi connectivity index (χ0) is 15.5. The topological polar surface area (TPSA) is 73.6 Å². The minimum Gasteiger partial charge on any atom is -0.373 e. The molecule has 2 aromatic heterocycles. The van der Waals surface area contributed by atoms with Crippen LogP contribution < -0.4 is 10.6 Å². The van der Waals surface area contributed by atoms with Crippen LogP contribution in [0, 0.1) is 11.3 Å². The van der Waals surface area contributed by atoms with Crippen molar-refractivity contribution in [1.29, 1.82) is 5.26 Å². The molecule has 0 saturated heterocycles. The number of pyridine rings is 2. The third-order valence-corrected chi connectivity index (χ3v) is 3.66. The van der Waals surface area contributed by atoms with Crippen molar-refractivity contribution >= 4 is 44.2 Å². The molecule has 22 heavy (non-hydrogen) atoms. The summed E-state index contributed by atoms with van der Waals surface area (Å²) in [5.74, 6) is 1.26. The minimum absolute atomic E-state index is 0.487. The molecule has 0 spiro atoms. The Balaban J connectivity index is 2.07. The Hall–Kier alpha value is -2.65. The van der Waals surface area contributed by atoms with Crippen LogP contribution in [-0.4, -0.2) is 17.0 Å². The summed E-state index contributed by atoms with van der Waals surface area (Å²) in [7, 11) is 1.80. The van der Waals surface area contributed by atoms with E-state index < -0.39 is 0 Å². The Morgan fingerprint density at radius 1 is 1.23 bits per heavy atom. The number of nitriles is 1. The molecule has 0 saturated carbocycles. The number of nitrogens with one attached hydrogen (secondary N) is 2. The Morgan fingerprint density at radius 3 is 2.82 bits per heavy atom. The number of hydrogen-bond acceptors (Lipinski definition) is 5. The lowest BCUT2D eigenvalue weighted by Crippen LogP contribution is -1.99. The van der Waals surface area contributed by atoms with Gasteiger partial charge >= 0.3 is 0 Å². The molecule has 0 fully saturated rings. The maximum Gasteiger partial charge on any atom is 0.149 e. The summed E-state index contributed by atoms with van der Waals surface area (Å²) < 4.78 is 0.956. The standard InChI is InChI=1S/C16H12BrN5/c1-19-15-6-10-5-11(8-18)16(22-14(10)9-20-15)21-13-4-2-3-12(17)7-13/h2-7,9H,1H3,(H,19,20)(H,21,22). The molecule has 0 unspecified atom stereocenters. The van der Waals surface area contributed by atoms with Gasteiger partial charge in [0.2, 0.25) is 0 Å². The number of aromatic nitrogens is 2. The third-order valence-electron chi connectivity index (χ3n) is 3.17. The van der Waals surface area contributed by atoms with Gasteiger partial charge in [-0.25, -0.2) is 9.97 Å². The first-order valence-electron chi connectivity index (χ1n) is 6.61. The fraction of sp³-hybridized carbons (Fsp3) is 0.0625. The Labute approximate surface area is 136 Å². The number of nitrogens with zero attached hydrogens (tertiary/aromatic N) is 3. The van der Waals surface area contributed by atoms with Gasteiger partial charge in [0.05, 0.1) is 17.3 Å². The molecule has 2 heterocycles. The summed E-state index contributed by atoms with van der Waals surface area (Å²) in [5, 5.41) is 16.4. The molecule has 0 aliphatic rings. The van der Waals surface area contributed by atoms with E-state index in [-0.39, 0.29) is 0 Å². The van der Waals surface area contributed by atoms with E-state index >= 15 is 0 Å². The van der Waals surface area contributed by atoms with Crippen molar-refractivity contribution in [2.24, 2.45) is 0 Å². The molecule has 6 heteroatoms. The van der Waals surface area contributed by atoms with Gasteiger partial charge in [-0.2, -0.15) is 5.26 Å². The summed E-state index contributed by atoms with van der Waals surface area (Å²) >= 11 is 3.42. The Morgan fingerprint density at radius 2 is 2.09 bits per heavy atom. The van der Waals surface area contributed by atoms with Crippen molar-refractivity contribution in [1.82, 2.24) is 9.97 Å². The smallest absolute Gasteiger partial charge is 0.149 e. The Bertz CT molecular complexity index is 885. The van der Waals surface area contributed by atoms with Gasteiger partial charge in [-0.3, -0.25) is 0 Å². The second-order valence-electron chi connectivity index (χ2n) is 4.64. The van der Waals surface area contributed by atoms with Gasteiger partial charge in [0.25, 0.3) is 0 Å². The predicted molar refractivity (Wildman–Crippen MR) is 91.2 cm³/mol. The lowest BCUT2D eigenvalue weighted by atomic mass is 10.2. The van der Waals surface area contributed by atoms with Gasteiger partial charge in [0.15, 0.2) is 0 Å². The number of halogens is 1. The van der Waals surface area contributed by atoms with E-state index in [1.54, 1.807) is 13.2 Å². The van der Waals surface area contributed by atoms with E-state index in [4.69, 9.17) is 0 Å². The largest absolute Gasteiger partial charge is 0.373 e. The average molecular weight is 354 g/mol. The van der Waals surface area contributed by atoms with Gasteiger partial charge in [0.1, 0.15) is 17.7 Å². The summed E-state index contributed by atoms with van der Waals surface area (Å²) in [6, 6.07) is 13.6. The molecule has 0 bridgehead atoms. The molecule has 108 valence electrons. The summed E-state index contributed by atoms with van der Waals surface area (Å²) in [6.07, 6.45) is 1.69. The van der Waals surface area contributed by atoms with Crippen LogP contribution in [0.3, 0.4) is 0 Å². The van der Waals surface area contributed by atoms with Crippen LogP contribution in [0.4, 0.5) is 17.3 Å². The van der Waals surface area contributed by atoms with Crippen LogP contribution in [0.1, 0.15) is 5.56 Å². The van der Waals surface area contributed by atoms with Crippen molar-refractivity contribution in [2.75, 3.05) is 17.7 Å². The lowest BCUT2D eigenvalue weighted by molar-refractivity contribution is 1.27. The first-order valence-corrected chi connectivity index (χ1v) is 7.40. The molecule has 0 amide bonds. The van der Waals surface area contributed by atoms with Gasteiger partial charge in [0, 0.05) is 22.6 Å². The van der Waals surface area contributed by atoms with Crippen molar-refractivity contribution < 1.29 is 0 Å². The van der Waals surface area contributed by atoms with Crippen molar-refractivity contribution in [3.63, 3.8) is 0 Å². The van der Waals surface area contributed by atoms with E-state index in [1.165, 1.54) is 0 Å². The van der Waals surface area contributed by atoms with Crippen LogP contribution in [0.5, 0.6) is 0 Å². The first-order chi connectivity index (χ1) is 10.7. The second kappa shape index (κ2) is 6.00. The van der Waals surface area contributed by atoms with Crippen LogP contribution in [0.15, 0.2) is 47.1 Å². The third kappa shape index (κ3) is 2.85. The SMILES string of the molecule is CNc1cc2cc(C#N)c(Nc3cccc(Br)c3)nc2cn1. The van der Waals surface area contributed by atoms with E-state index in [1.807, 2.05) is 36.4 Å². The fourth-order valence-corrected chi connectivity index (χ4v) is 2.50. The normalized spacial score (nSPS) is 10.2. The van der Waals surface area contributed by atoms with E-state index in [9.17, 15) is 5.26 Å². The van der Waals surface area contributed by atoms with Crippen LogP contribution in [0.25, 0.3) is 10.9 Å². The summed E-state index contributed by atoms with van der Waals surface area (Å²) in [4.78, 5) is 8.76. The van der Waals surface area contributed by atoms with Crippen molar-refractivity contribution in [3.8, 4) is 6.07 Å². The van der Waals surface area contributed by atoms with Crippen LogP contribution in [0.2, 0.25) is 0 Å². The Kier molecular flexibility index (Phi) is 3.90. The molecule has 2 N–H and O–H groups in total. The lowest BCUT2D eigenvalue weighted by Gasteiger charge is -2.09. The highest BCUT2D eigenvalue weighted by Crippen LogP contribution is 2.25. The van der Waals surface area contributed by atoms with E-state index in [2.05, 4.69) is 42.6 Å². The highest BCUT2D eigenvalue weighted by Gasteiger charge is 2.08. The molecular formula is C16H12BrN5. The molecule has 0 radical (unpaired) electrons. The maximum absolute atomic E-state index is 9.37. The molecule has 3 aromatic rings. The maximum atomic E-state index is 9.37. The predicted octanol–water partition coefficient (Wildman–Crippen LogP) is 4.05. The first kappa shape index (κ1) is 14.3. The molecule has 0 aliphatic heterocycles. The highest BCUT2D eigenvalue weighted by atomic mass is 79.9. The molecule has 1 aromatic carbocycles. The van der Waals surface area contributed by atoms with Gasteiger partial charge < -0.3 is 10.6 Å². The zero-order valence-corrected chi connectivity index (χ0v) is 13.3. The average Bonchev–Trinajstić information content (AvgIpc) is 2.53. The molecule has 0 aliphatic carbocycles. The van der Waals surface area contributed by atoms with Crippen molar-refractivity contribution in [3.05, 3.63) is 52.6 Å². The van der Waals surface area contributed by atoms with E-state index in [0.29, 0.717) is 11.4 Å². The molecule has 3 rings (SSSR count). The molecular weight excluding hydrogens is 342 g/mol. The van der Waals surface area contributed by atoms with Crippen LogP contribution in [-0.2, 0) is 0 Å². The molecule has 5 nitrogen and oxygen atoms in total. The number of benzene rings is 1. The van der Waals surface area contributed by atoms with Gasteiger partial charge in [-0.1, -0.05) is 22.0 Å². The number of anilines is 3. The number of fused-ring (bicyclic) bond motifs is 1. The zero-order valence-electron chi connectivity index (χ0n) is 11.8. The van der Waals surface area contributed by atoms with Gasteiger partial charge in [-0.05, 0) is 30.3 Å². The number of hydrogen-bond donors (Lipinski definition) is 2. The van der Waals surface area contributed by atoms with Crippen molar-refractivity contribution in [2.45, 2.75) is 0 Å². The van der Waals surface area contributed by atoms with Crippen LogP contribution >= 0.6 is 15.9 Å². The van der Waals surface area contributed by atoms with Gasteiger partial charge in [-0.15, -0.1) is 0 Å². The van der Waals surface area contributed by atoms with E-state index in [0.717, 1.165) is 26.9 Å². The second-order valence-corrected chi connectivity index (χ2v) is 5.56. The highest BCUT2D eigenvalue weighted by molar-refractivity contribution is 9.10. The fourth-order valence-electron chi connectivity index (χ4n) is 2.10. The minimum atomic E-state index is 0.487. The summed E-state index contributed by atoms with van der Waals surface area (Å²) in [6.45, 7) is 0. The monoisotopic (exact) mass is 353 g/mol. The number of rotatable bonds is 3. The quantitative estimate of drug-likeness (QED) is 0.742. The molecule has 0 atom stereocenters. The summed E-state index contributed by atoms with van der Waals surface area (Å²) in [5.41, 5.74) is 2.08.